The predicted molar refractivity (Wildman–Crippen MR) is 161 cm³/mol. The molecule has 44 heavy (non-hydrogen) atoms. The van der Waals surface area contributed by atoms with Crippen molar-refractivity contribution in [3.05, 3.63) is 83.2 Å². The minimum atomic E-state index is -0.516. The van der Waals surface area contributed by atoms with E-state index in [1.165, 1.54) is 19.2 Å². The van der Waals surface area contributed by atoms with Gasteiger partial charge in [0.25, 0.3) is 5.91 Å². The third-order valence-corrected chi connectivity index (χ3v) is 7.54. The molecule has 0 aromatic heterocycles. The number of carbonyl (C=O) groups is 3. The Bertz CT molecular complexity index is 1500. The van der Waals surface area contributed by atoms with Crippen molar-refractivity contribution in [3.63, 3.8) is 0 Å². The van der Waals surface area contributed by atoms with Gasteiger partial charge in [-0.2, -0.15) is 0 Å². The molecule has 232 valence electrons. The molecule has 0 unspecified atom stereocenters. The Balaban J connectivity index is 1.30. The normalized spacial score (nSPS) is 16.8. The Kier molecular flexibility index (Phi) is 10.3. The minimum Gasteiger partial charge on any atom is -0.493 e. The lowest BCUT2D eigenvalue weighted by atomic mass is 10.1. The fourth-order valence-corrected chi connectivity index (χ4v) is 5.26. The summed E-state index contributed by atoms with van der Waals surface area (Å²) in [6.45, 7) is 3.19. The van der Waals surface area contributed by atoms with Gasteiger partial charge in [0, 0.05) is 62.9 Å². The number of fused-ring (bicyclic) bond motifs is 14. The van der Waals surface area contributed by atoms with Crippen molar-refractivity contribution in [2.24, 2.45) is 0 Å². The van der Waals surface area contributed by atoms with Crippen molar-refractivity contribution in [2.75, 3.05) is 46.4 Å². The molecule has 10 nitrogen and oxygen atoms in total. The van der Waals surface area contributed by atoms with Crippen molar-refractivity contribution in [1.29, 1.82) is 0 Å². The van der Waals surface area contributed by atoms with Crippen molar-refractivity contribution >= 4 is 17.7 Å². The van der Waals surface area contributed by atoms with Gasteiger partial charge in [-0.05, 0) is 54.8 Å². The quantitative estimate of drug-likeness (QED) is 0.467. The van der Waals surface area contributed by atoms with E-state index in [0.29, 0.717) is 74.8 Å². The van der Waals surface area contributed by atoms with Crippen LogP contribution in [0.1, 0.15) is 40.7 Å². The van der Waals surface area contributed by atoms with Crippen LogP contribution in [0.3, 0.4) is 0 Å². The summed E-state index contributed by atoms with van der Waals surface area (Å²) in [5, 5.41) is 5.73. The summed E-state index contributed by atoms with van der Waals surface area (Å²) in [4.78, 5) is 42.9. The smallest absolute Gasteiger partial charge is 0.251 e. The van der Waals surface area contributed by atoms with Crippen molar-refractivity contribution in [3.8, 4) is 23.0 Å². The first-order valence-electron chi connectivity index (χ1n) is 14.8. The number of hydrogen-bond donors (Lipinski definition) is 2. The first-order valence-corrected chi connectivity index (χ1v) is 14.8. The van der Waals surface area contributed by atoms with Crippen molar-refractivity contribution in [2.45, 2.75) is 32.4 Å². The number of amides is 3. The van der Waals surface area contributed by atoms with Crippen LogP contribution in [0.15, 0.2) is 60.7 Å². The third-order valence-electron chi connectivity index (χ3n) is 7.54. The average Bonchev–Trinajstić information content (AvgIpc) is 3.22. The molecule has 0 aliphatic carbocycles. The highest BCUT2D eigenvalue weighted by Crippen LogP contribution is 2.33. The monoisotopic (exact) mass is 604 g/mol. The number of nitrogens with zero attached hydrogens (tertiary/aromatic N) is 2. The van der Waals surface area contributed by atoms with Gasteiger partial charge in [0.15, 0.2) is 11.5 Å². The maximum Gasteiger partial charge on any atom is 0.251 e. The largest absolute Gasteiger partial charge is 0.493 e. The number of nitrogens with one attached hydrogen (secondary N) is 2. The summed E-state index contributed by atoms with van der Waals surface area (Å²) in [6.07, 6.45) is 1.19. The van der Waals surface area contributed by atoms with Gasteiger partial charge in [-0.25, -0.2) is 4.39 Å². The molecule has 6 rings (SSSR count). The Morgan fingerprint density at radius 1 is 0.977 bits per heavy atom. The van der Waals surface area contributed by atoms with Gasteiger partial charge in [0.05, 0.1) is 13.7 Å². The van der Waals surface area contributed by atoms with Crippen LogP contribution >= 0.6 is 0 Å². The van der Waals surface area contributed by atoms with E-state index in [-0.39, 0.29) is 43.0 Å². The highest BCUT2D eigenvalue weighted by atomic mass is 19.1. The Morgan fingerprint density at radius 3 is 2.68 bits per heavy atom. The standard InChI is InChI=1S/C33H37FN4O6/c1-42-30-18-24-9-10-29(30)44-27-17-23(16-26(34)19-27)20-36-31(39)8-4-12-38(13-5-11-35-33(24)41)32(40)22-37-14-15-43-28-7-3-2-6-25(28)21-37/h2-3,6-7,9-10,16-19H,4-5,8,11-15,20-22H2,1H3,(H,35,41)(H,36,39). The van der Waals surface area contributed by atoms with Crippen LogP contribution in [0.4, 0.5) is 4.39 Å². The van der Waals surface area contributed by atoms with Crippen LogP contribution in [0.25, 0.3) is 0 Å². The Morgan fingerprint density at radius 2 is 1.82 bits per heavy atom. The zero-order valence-electron chi connectivity index (χ0n) is 24.8. The van der Waals surface area contributed by atoms with Gasteiger partial charge in [-0.1, -0.05) is 18.2 Å². The average molecular weight is 605 g/mol. The van der Waals surface area contributed by atoms with Crippen LogP contribution in [-0.2, 0) is 22.7 Å². The number of methoxy groups -OCH3 is 1. The Hall–Kier alpha value is -4.64. The number of ether oxygens (including phenoxy) is 3. The summed E-state index contributed by atoms with van der Waals surface area (Å²) < 4.78 is 31.6. The van der Waals surface area contributed by atoms with E-state index in [4.69, 9.17) is 14.2 Å². The molecule has 11 heteroatoms. The molecule has 3 aromatic rings. The molecule has 3 amide bonds. The van der Waals surface area contributed by atoms with E-state index in [9.17, 15) is 18.8 Å². The molecule has 0 atom stereocenters. The molecule has 3 aliphatic heterocycles. The van der Waals surface area contributed by atoms with Crippen molar-refractivity contribution < 1.29 is 33.0 Å². The van der Waals surface area contributed by atoms with E-state index in [1.807, 2.05) is 24.3 Å². The van der Waals surface area contributed by atoms with Crippen LogP contribution in [0.2, 0.25) is 0 Å². The molecule has 0 saturated carbocycles. The van der Waals surface area contributed by atoms with Gasteiger partial charge in [-0.15, -0.1) is 0 Å². The van der Waals surface area contributed by atoms with Crippen LogP contribution in [0, 0.1) is 5.82 Å². The van der Waals surface area contributed by atoms with Gasteiger partial charge >= 0.3 is 0 Å². The van der Waals surface area contributed by atoms with Gasteiger partial charge in [0.2, 0.25) is 11.8 Å². The second-order valence-corrected chi connectivity index (χ2v) is 10.8. The van der Waals surface area contributed by atoms with Gasteiger partial charge in [0.1, 0.15) is 23.9 Å². The van der Waals surface area contributed by atoms with E-state index in [0.717, 1.165) is 11.3 Å². The molecular weight excluding hydrogens is 567 g/mol. The summed E-state index contributed by atoms with van der Waals surface area (Å²) in [5.41, 5.74) is 1.94. The summed E-state index contributed by atoms with van der Waals surface area (Å²) in [6, 6.07) is 16.8. The lowest BCUT2D eigenvalue weighted by molar-refractivity contribution is -0.133. The molecular formula is C33H37FN4O6. The highest BCUT2D eigenvalue weighted by Gasteiger charge is 2.21. The van der Waals surface area contributed by atoms with Gasteiger partial charge in [-0.3, -0.25) is 19.3 Å². The SMILES string of the molecule is COc1cc2ccc1Oc1cc(F)cc(c1)CNC(=O)CCCN(C(=O)CN1CCOc3ccccc3C1)CCCNC2=O. The molecule has 0 spiro atoms. The molecule has 0 fully saturated rings. The topological polar surface area (TPSA) is 109 Å². The number of hydrogen-bond acceptors (Lipinski definition) is 7. The molecule has 0 radical (unpaired) electrons. The molecule has 3 heterocycles. The Labute approximate surface area is 256 Å². The lowest BCUT2D eigenvalue weighted by Gasteiger charge is -2.27. The number of carbonyl (C=O) groups excluding carboxylic acids is 3. The zero-order valence-corrected chi connectivity index (χ0v) is 24.8. The first kappa shape index (κ1) is 30.8. The number of halogens is 1. The molecule has 0 saturated heterocycles. The van der Waals surface area contributed by atoms with Crippen LogP contribution in [-0.4, -0.2) is 74.0 Å². The lowest BCUT2D eigenvalue weighted by Crippen LogP contribution is -2.42. The van der Waals surface area contributed by atoms with Crippen molar-refractivity contribution in [1.82, 2.24) is 20.4 Å². The second-order valence-electron chi connectivity index (χ2n) is 10.8. The molecule has 3 aromatic carbocycles. The maximum atomic E-state index is 14.4. The third kappa shape index (κ3) is 8.25. The van der Waals surface area contributed by atoms with E-state index in [1.54, 1.807) is 29.2 Å². The van der Waals surface area contributed by atoms with E-state index in [2.05, 4.69) is 15.5 Å². The molecule has 3 aliphatic rings. The number of para-hydroxylation sites is 1. The maximum absolute atomic E-state index is 14.4. The zero-order chi connectivity index (χ0) is 30.9. The first-order chi connectivity index (χ1) is 21.4. The summed E-state index contributed by atoms with van der Waals surface area (Å²) >= 11 is 0. The van der Waals surface area contributed by atoms with Crippen LogP contribution < -0.4 is 24.8 Å². The minimum absolute atomic E-state index is 0.0501. The fraction of sp³-hybridized carbons (Fsp3) is 0.364. The fourth-order valence-electron chi connectivity index (χ4n) is 5.26. The highest BCUT2D eigenvalue weighted by molar-refractivity contribution is 5.94. The van der Waals surface area contributed by atoms with E-state index >= 15 is 0 Å². The summed E-state index contributed by atoms with van der Waals surface area (Å²) in [5.74, 6) is 0.619. The van der Waals surface area contributed by atoms with E-state index < -0.39 is 5.82 Å². The molecule has 4 bridgehead atoms. The van der Waals surface area contributed by atoms with Crippen LogP contribution in [0.5, 0.6) is 23.0 Å². The predicted octanol–water partition coefficient (Wildman–Crippen LogP) is 3.88. The van der Waals surface area contributed by atoms with Gasteiger partial charge < -0.3 is 29.7 Å². The summed E-state index contributed by atoms with van der Waals surface area (Å²) in [7, 11) is 1.46. The number of benzene rings is 3. The molecule has 2 N–H and O–H groups in total. The second kappa shape index (κ2) is 14.7. The number of rotatable bonds is 3.